The molecular weight excluding hydrogens is 440 g/mol. The Hall–Kier alpha value is 0.0569. The number of ether oxygens (including phenoxy) is 2. The summed E-state index contributed by atoms with van der Waals surface area (Å²) in [7, 11) is -1.82. The van der Waals surface area contributed by atoms with E-state index in [0.717, 1.165) is 58.2 Å². The molecule has 1 saturated heterocycles. The second kappa shape index (κ2) is 9.42. The third-order valence-corrected chi connectivity index (χ3v) is 16.4. The lowest BCUT2D eigenvalue weighted by Gasteiger charge is -2.65. The largest absolute Gasteiger partial charge is 0.417 e. The number of rotatable bonds is 7. The van der Waals surface area contributed by atoms with Crippen LogP contribution in [0.3, 0.4) is 0 Å². The van der Waals surface area contributed by atoms with Gasteiger partial charge >= 0.3 is 0 Å². The highest BCUT2D eigenvalue weighted by Gasteiger charge is 2.64. The van der Waals surface area contributed by atoms with Gasteiger partial charge in [-0.3, -0.25) is 0 Å². The van der Waals surface area contributed by atoms with Gasteiger partial charge in [-0.2, -0.15) is 0 Å². The molecule has 2 aliphatic carbocycles. The second-order valence-corrected chi connectivity index (χ2v) is 19.1. The van der Waals surface area contributed by atoms with Gasteiger partial charge in [-0.1, -0.05) is 48.5 Å². The summed E-state index contributed by atoms with van der Waals surface area (Å²) >= 11 is 0. The maximum Gasteiger partial charge on any atom is 0.192 e. The van der Waals surface area contributed by atoms with Crippen LogP contribution in [0.15, 0.2) is 0 Å². The lowest BCUT2D eigenvalue weighted by atomic mass is 9.41. The van der Waals surface area contributed by atoms with Crippen LogP contribution in [0.2, 0.25) is 18.1 Å². The Bertz CT molecular complexity index is 719. The van der Waals surface area contributed by atoms with Crippen molar-refractivity contribution < 1.29 is 19.0 Å². The first-order valence-corrected chi connectivity index (χ1v) is 17.0. The van der Waals surface area contributed by atoms with Crippen molar-refractivity contribution in [3.05, 3.63) is 0 Å². The second-order valence-electron chi connectivity index (χ2n) is 14.5. The van der Waals surface area contributed by atoms with Gasteiger partial charge in [0.2, 0.25) is 0 Å². The Morgan fingerprint density at radius 2 is 1.68 bits per heavy atom. The first-order valence-electron chi connectivity index (χ1n) is 14.1. The maximum absolute atomic E-state index is 11.4. The highest BCUT2D eigenvalue weighted by molar-refractivity contribution is 6.74. The van der Waals surface area contributed by atoms with Crippen molar-refractivity contribution >= 4 is 8.32 Å². The van der Waals surface area contributed by atoms with Gasteiger partial charge in [0.15, 0.2) is 14.1 Å². The molecule has 0 spiro atoms. The lowest BCUT2D eigenvalue weighted by molar-refractivity contribution is -0.267. The van der Waals surface area contributed by atoms with Crippen LogP contribution >= 0.6 is 0 Å². The summed E-state index contributed by atoms with van der Waals surface area (Å²) in [5.41, 5.74) is 0.0853. The average Bonchev–Trinajstić information content (AvgIpc) is 2.83. The summed E-state index contributed by atoms with van der Waals surface area (Å²) in [5.74, 6) is 0.639. The van der Waals surface area contributed by atoms with E-state index in [4.69, 9.17) is 13.9 Å². The SMILES string of the molecule is CC(C)C(C)(C)[Si](C)(C)OCCC[C@]1(C)[C@@H](O)CC[C@@H]2[C@@]3(C)CCOC(C)(C)O[C@@H]3CC[C@]21C. The van der Waals surface area contributed by atoms with Crippen molar-refractivity contribution in [2.24, 2.45) is 28.1 Å². The molecule has 0 aromatic rings. The van der Waals surface area contributed by atoms with E-state index < -0.39 is 14.1 Å². The minimum atomic E-state index is -1.82. The smallest absolute Gasteiger partial charge is 0.192 e. The van der Waals surface area contributed by atoms with Gasteiger partial charge in [-0.05, 0) is 105 Å². The van der Waals surface area contributed by atoms with Gasteiger partial charge in [0.05, 0.1) is 18.8 Å². The number of aliphatic hydroxyl groups is 1. The predicted molar refractivity (Wildman–Crippen MR) is 143 cm³/mol. The van der Waals surface area contributed by atoms with Gasteiger partial charge in [0.1, 0.15) is 0 Å². The molecular formula is C29H56O4Si. The fraction of sp³-hybridized carbons (Fsp3) is 1.00. The first kappa shape index (κ1) is 28.6. The summed E-state index contributed by atoms with van der Waals surface area (Å²) in [6, 6.07) is 0. The molecule has 3 rings (SSSR count). The third kappa shape index (κ3) is 4.71. The number of hydrogen-bond donors (Lipinski definition) is 1. The maximum atomic E-state index is 11.4. The van der Waals surface area contributed by atoms with Crippen LogP contribution in [0.4, 0.5) is 0 Å². The molecule has 200 valence electrons. The minimum absolute atomic E-state index is 0.0921. The van der Waals surface area contributed by atoms with Crippen molar-refractivity contribution in [1.82, 2.24) is 0 Å². The molecule has 0 radical (unpaired) electrons. The van der Waals surface area contributed by atoms with Crippen molar-refractivity contribution in [2.75, 3.05) is 13.2 Å². The van der Waals surface area contributed by atoms with Gasteiger partial charge in [-0.15, -0.1) is 0 Å². The molecule has 34 heavy (non-hydrogen) atoms. The molecule has 1 aliphatic heterocycles. The zero-order valence-corrected chi connectivity index (χ0v) is 25.3. The topological polar surface area (TPSA) is 47.9 Å². The van der Waals surface area contributed by atoms with E-state index in [1.54, 1.807) is 0 Å². The third-order valence-electron chi connectivity index (χ3n) is 11.8. The van der Waals surface area contributed by atoms with Crippen LogP contribution in [0.1, 0.15) is 107 Å². The zero-order chi connectivity index (χ0) is 25.8. The molecule has 0 aromatic heterocycles. The highest BCUT2D eigenvalue weighted by atomic mass is 28.4. The summed E-state index contributed by atoms with van der Waals surface area (Å²) < 4.78 is 19.3. The van der Waals surface area contributed by atoms with Gasteiger partial charge < -0.3 is 19.0 Å². The Morgan fingerprint density at radius 3 is 2.29 bits per heavy atom. The minimum Gasteiger partial charge on any atom is -0.417 e. The molecule has 2 saturated carbocycles. The Kier molecular flexibility index (Phi) is 7.93. The van der Waals surface area contributed by atoms with Crippen LogP contribution < -0.4 is 0 Å². The van der Waals surface area contributed by atoms with Gasteiger partial charge in [0.25, 0.3) is 0 Å². The molecule has 0 amide bonds. The molecule has 6 atom stereocenters. The lowest BCUT2D eigenvalue weighted by Crippen LogP contribution is -2.63. The first-order chi connectivity index (χ1) is 15.4. The van der Waals surface area contributed by atoms with Crippen LogP contribution in [0, 0.1) is 28.1 Å². The van der Waals surface area contributed by atoms with Crippen molar-refractivity contribution in [1.29, 1.82) is 0 Å². The molecule has 0 bridgehead atoms. The van der Waals surface area contributed by atoms with Crippen LogP contribution in [0.5, 0.6) is 0 Å². The molecule has 0 aromatic carbocycles. The van der Waals surface area contributed by atoms with Gasteiger partial charge in [0, 0.05) is 6.61 Å². The molecule has 3 fully saturated rings. The van der Waals surface area contributed by atoms with Crippen molar-refractivity contribution in [3.8, 4) is 0 Å². The summed E-state index contributed by atoms with van der Waals surface area (Å²) in [6.45, 7) is 27.1. The zero-order valence-electron chi connectivity index (χ0n) is 24.3. The predicted octanol–water partition coefficient (Wildman–Crippen LogP) is 7.55. The van der Waals surface area contributed by atoms with E-state index in [1.165, 1.54) is 0 Å². The van der Waals surface area contributed by atoms with Gasteiger partial charge in [-0.25, -0.2) is 0 Å². The van der Waals surface area contributed by atoms with Crippen molar-refractivity contribution in [2.45, 2.75) is 143 Å². The molecule has 1 N–H and O–H groups in total. The molecule has 3 aliphatic rings. The standard InChI is InChI=1S/C29H56O4Si/c1-21(2)25(3,4)34(10,11)32-19-12-16-29(9)23(30)14-13-22-27(7)18-20-31-26(5,6)33-24(27)15-17-28(22,29)8/h21-24,30H,12-20H2,1-11H3/t22-,23+,24-,27-,28-,29-/m1/s1. The Balaban J connectivity index is 1.76. The van der Waals surface area contributed by atoms with E-state index in [9.17, 15) is 5.11 Å². The van der Waals surface area contributed by atoms with E-state index in [-0.39, 0.29) is 33.5 Å². The number of fused-ring (bicyclic) bond motifs is 3. The summed E-state index contributed by atoms with van der Waals surface area (Å²) in [4.78, 5) is 0. The fourth-order valence-corrected chi connectivity index (χ4v) is 10.2. The summed E-state index contributed by atoms with van der Waals surface area (Å²) in [6.07, 6.45) is 7.22. The van der Waals surface area contributed by atoms with Crippen LogP contribution in [-0.4, -0.2) is 44.6 Å². The van der Waals surface area contributed by atoms with Crippen molar-refractivity contribution in [3.63, 3.8) is 0 Å². The van der Waals surface area contributed by atoms with E-state index in [2.05, 4.69) is 75.4 Å². The molecule has 1 heterocycles. The Morgan fingerprint density at radius 1 is 1.03 bits per heavy atom. The molecule has 0 unspecified atom stereocenters. The van der Waals surface area contributed by atoms with E-state index >= 15 is 0 Å². The number of aliphatic hydroxyl groups excluding tert-OH is 1. The number of hydrogen-bond acceptors (Lipinski definition) is 4. The quantitative estimate of drug-likeness (QED) is 0.292. The monoisotopic (exact) mass is 496 g/mol. The highest BCUT2D eigenvalue weighted by Crippen LogP contribution is 2.67. The summed E-state index contributed by atoms with van der Waals surface area (Å²) in [5, 5.41) is 11.7. The molecule has 4 nitrogen and oxygen atoms in total. The van der Waals surface area contributed by atoms with E-state index in [1.807, 2.05) is 0 Å². The van der Waals surface area contributed by atoms with Crippen LogP contribution in [0.25, 0.3) is 0 Å². The fourth-order valence-electron chi connectivity index (χ4n) is 7.76. The van der Waals surface area contributed by atoms with E-state index in [0.29, 0.717) is 11.8 Å². The normalized spacial score (nSPS) is 41.0. The van der Waals surface area contributed by atoms with Crippen LogP contribution in [-0.2, 0) is 13.9 Å². The molecule has 5 heteroatoms. The average molecular weight is 497 g/mol. The Labute approximate surface area is 212 Å².